The summed E-state index contributed by atoms with van der Waals surface area (Å²) in [6, 6.07) is 81.8. The number of nitrogens with zero attached hydrogens (tertiary/aromatic N) is 1. The molecule has 9 aromatic rings. The second-order valence-corrected chi connectivity index (χ2v) is 18.7. The molecule has 4 aliphatic rings. The van der Waals surface area contributed by atoms with Crippen LogP contribution < -0.4 is 0 Å². The number of fused-ring (bicyclic) bond motifs is 14. The van der Waals surface area contributed by atoms with Gasteiger partial charge in [0.1, 0.15) is 0 Å². The molecule has 9 aromatic carbocycles. The third kappa shape index (κ3) is 6.10. The van der Waals surface area contributed by atoms with E-state index in [1.165, 1.54) is 100 Å². The molecule has 314 valence electrons. The minimum Gasteiger partial charge on any atom is -0.277 e. The van der Waals surface area contributed by atoms with Gasteiger partial charge in [0.15, 0.2) is 0 Å². The van der Waals surface area contributed by atoms with E-state index in [-0.39, 0.29) is 11.5 Å². The lowest BCUT2D eigenvalue weighted by Crippen LogP contribution is -2.25. The Labute approximate surface area is 388 Å². The van der Waals surface area contributed by atoms with Gasteiger partial charge < -0.3 is 0 Å². The molecular weight excluding hydrogens is 795 g/mol. The molecule has 3 aliphatic carbocycles. The zero-order valence-corrected chi connectivity index (χ0v) is 37.0. The van der Waals surface area contributed by atoms with Crippen LogP contribution in [0.3, 0.4) is 0 Å². The Bertz CT molecular complexity index is 3330. The van der Waals surface area contributed by atoms with Gasteiger partial charge in [0.2, 0.25) is 0 Å². The van der Waals surface area contributed by atoms with Crippen LogP contribution in [0.25, 0.3) is 50.1 Å². The van der Waals surface area contributed by atoms with E-state index in [9.17, 15) is 0 Å². The number of hydrogen-bond donors (Lipinski definition) is 0. The van der Waals surface area contributed by atoms with Crippen LogP contribution in [0.4, 0.5) is 0 Å². The molecule has 0 amide bonds. The Balaban J connectivity index is 0.827. The van der Waals surface area contributed by atoms with E-state index < -0.39 is 0 Å². The quantitative estimate of drug-likeness (QED) is 0.152. The predicted molar refractivity (Wildman–Crippen MR) is 274 cm³/mol. The Morgan fingerprint density at radius 3 is 1.68 bits per heavy atom. The van der Waals surface area contributed by atoms with Crippen LogP contribution in [0.15, 0.2) is 229 Å². The fourth-order valence-corrected chi connectivity index (χ4v) is 12.2. The van der Waals surface area contributed by atoms with E-state index >= 15 is 0 Å². The zero-order chi connectivity index (χ0) is 43.6. The summed E-state index contributed by atoms with van der Waals surface area (Å²) in [6.45, 7) is 0. The summed E-state index contributed by atoms with van der Waals surface area (Å²) in [5.74, 6) is 0.324. The van der Waals surface area contributed by atoms with Crippen LogP contribution in [0.1, 0.15) is 93.3 Å². The van der Waals surface area contributed by atoms with E-state index in [2.05, 4.69) is 224 Å². The molecule has 66 heavy (non-hydrogen) atoms. The van der Waals surface area contributed by atoms with Crippen molar-refractivity contribution >= 4 is 11.3 Å². The van der Waals surface area contributed by atoms with Gasteiger partial charge in [0.25, 0.3) is 0 Å². The van der Waals surface area contributed by atoms with E-state index in [0.29, 0.717) is 5.92 Å². The average Bonchev–Trinajstić information content (AvgIpc) is 3.98. The monoisotopic (exact) mass is 843 g/mol. The number of rotatable bonds is 7. The molecule has 0 radical (unpaired) electrons. The molecule has 2 unspecified atom stereocenters. The maximum atomic E-state index is 5.58. The molecule has 1 heterocycles. The summed E-state index contributed by atoms with van der Waals surface area (Å²) in [6.07, 6.45) is 7.54. The highest BCUT2D eigenvalue weighted by molar-refractivity contribution is 6.12. The van der Waals surface area contributed by atoms with Gasteiger partial charge in [-0.15, -0.1) is 0 Å². The van der Waals surface area contributed by atoms with Crippen LogP contribution >= 0.6 is 0 Å². The molecule has 0 aromatic heterocycles. The van der Waals surface area contributed by atoms with Crippen molar-refractivity contribution in [2.75, 3.05) is 0 Å². The van der Waals surface area contributed by atoms with Crippen LogP contribution in [-0.2, 0) is 11.8 Å². The van der Waals surface area contributed by atoms with E-state index in [1.807, 2.05) is 0 Å². The summed E-state index contributed by atoms with van der Waals surface area (Å²) < 4.78 is 0. The van der Waals surface area contributed by atoms with Gasteiger partial charge in [0.05, 0.1) is 17.2 Å². The SMILES string of the molecule is C1=C(/c2ccccc2)CCCC(c2ccc(CCC3c4ccccc4-c4c3ccc3c4-c4ccccc4C34c3ccccc3-c3ccccc34)cc2)\N=C/1c1ccc(-c2ccccc2)cc1. The first-order valence-corrected chi connectivity index (χ1v) is 23.9. The Morgan fingerprint density at radius 2 is 0.985 bits per heavy atom. The number of hydrogen-bond acceptors (Lipinski definition) is 1. The molecule has 0 saturated carbocycles. The molecule has 0 fully saturated rings. The Kier molecular flexibility index (Phi) is 9.31. The summed E-state index contributed by atoms with van der Waals surface area (Å²) in [5.41, 5.74) is 26.5. The minimum absolute atomic E-state index is 0.0945. The summed E-state index contributed by atoms with van der Waals surface area (Å²) >= 11 is 0. The Hall–Kier alpha value is -7.61. The van der Waals surface area contributed by atoms with E-state index in [1.54, 1.807) is 0 Å². The highest BCUT2D eigenvalue weighted by atomic mass is 14.8. The number of aryl methyl sites for hydroxylation is 1. The zero-order valence-electron chi connectivity index (χ0n) is 37.0. The second kappa shape index (κ2) is 15.8. The van der Waals surface area contributed by atoms with Gasteiger partial charge in [-0.25, -0.2) is 0 Å². The third-order valence-electron chi connectivity index (χ3n) is 15.2. The summed E-state index contributed by atoms with van der Waals surface area (Å²) in [4.78, 5) is 5.58. The molecule has 2 atom stereocenters. The highest BCUT2D eigenvalue weighted by Gasteiger charge is 2.53. The van der Waals surface area contributed by atoms with Gasteiger partial charge in [-0.05, 0) is 144 Å². The molecule has 1 spiro atoms. The summed E-state index contributed by atoms with van der Waals surface area (Å²) in [5, 5.41) is 0. The molecule has 1 nitrogen and oxygen atoms in total. The minimum atomic E-state index is -0.336. The number of aliphatic imine (C=N–C) groups is 1. The molecule has 0 saturated heterocycles. The fraction of sp³-hybridized carbons (Fsp3) is 0.123. The molecule has 0 N–H and O–H groups in total. The van der Waals surface area contributed by atoms with Gasteiger partial charge in [0, 0.05) is 5.92 Å². The topological polar surface area (TPSA) is 12.4 Å². The maximum Gasteiger partial charge on any atom is 0.0756 e. The van der Waals surface area contributed by atoms with Gasteiger partial charge in [-0.2, -0.15) is 0 Å². The normalized spacial score (nSPS) is 18.6. The molecule has 13 rings (SSSR count). The van der Waals surface area contributed by atoms with Gasteiger partial charge >= 0.3 is 0 Å². The molecule has 1 aliphatic heterocycles. The van der Waals surface area contributed by atoms with Crippen LogP contribution in [0.5, 0.6) is 0 Å². The lowest BCUT2D eigenvalue weighted by molar-refractivity contribution is 0.620. The first-order valence-electron chi connectivity index (χ1n) is 23.9. The average molecular weight is 844 g/mol. The summed E-state index contributed by atoms with van der Waals surface area (Å²) in [7, 11) is 0. The van der Waals surface area contributed by atoms with Crippen molar-refractivity contribution in [3.05, 3.63) is 280 Å². The lowest BCUT2D eigenvalue weighted by atomic mass is 9.70. The van der Waals surface area contributed by atoms with Crippen molar-refractivity contribution in [1.82, 2.24) is 0 Å². The fourth-order valence-electron chi connectivity index (χ4n) is 12.2. The second-order valence-electron chi connectivity index (χ2n) is 18.7. The first kappa shape index (κ1) is 38.8. The number of benzene rings is 9. The first-order chi connectivity index (χ1) is 32.7. The van der Waals surface area contributed by atoms with E-state index in [0.717, 1.165) is 43.4 Å². The standard InChI is InChI=1S/C65H49N/c1-3-16-44(17-4-1)46-35-37-48(38-36-46)62-42-49(45-18-5-2-6-19-45)20-15-29-61(66-62)47-33-30-43(31-34-47)32-39-51-50-21-7-8-24-54(50)63-55(51)40-41-60-64(63)56-25-11-14-28-59(56)65(60)57-26-12-9-22-52(57)53-23-10-13-27-58(53)65/h1-14,16-19,21-28,30-31,33-38,40-42,51,61H,15,20,29,32,39H2/b49-42+,66-62+. The highest BCUT2D eigenvalue weighted by Crippen LogP contribution is 2.66. The van der Waals surface area contributed by atoms with Gasteiger partial charge in [-0.3, -0.25) is 4.99 Å². The largest absolute Gasteiger partial charge is 0.277 e. The van der Waals surface area contributed by atoms with E-state index in [4.69, 9.17) is 4.99 Å². The van der Waals surface area contributed by atoms with Gasteiger partial charge in [-0.1, -0.05) is 218 Å². The van der Waals surface area contributed by atoms with Crippen LogP contribution in [0, 0.1) is 0 Å². The van der Waals surface area contributed by atoms with Crippen molar-refractivity contribution in [2.24, 2.45) is 4.99 Å². The van der Waals surface area contributed by atoms with Crippen molar-refractivity contribution < 1.29 is 0 Å². The maximum absolute atomic E-state index is 5.58. The van der Waals surface area contributed by atoms with Crippen LogP contribution in [0.2, 0.25) is 0 Å². The van der Waals surface area contributed by atoms with Crippen molar-refractivity contribution in [1.29, 1.82) is 0 Å². The smallest absolute Gasteiger partial charge is 0.0756 e. The number of allylic oxidation sites excluding steroid dienone is 2. The predicted octanol–water partition coefficient (Wildman–Crippen LogP) is 16.2. The molecule has 1 heteroatoms. The molecule has 0 bridgehead atoms. The van der Waals surface area contributed by atoms with Crippen molar-refractivity contribution in [2.45, 2.75) is 49.5 Å². The van der Waals surface area contributed by atoms with Crippen molar-refractivity contribution in [3.63, 3.8) is 0 Å². The van der Waals surface area contributed by atoms with Crippen molar-refractivity contribution in [3.8, 4) is 44.5 Å². The lowest BCUT2D eigenvalue weighted by Gasteiger charge is -2.30. The van der Waals surface area contributed by atoms with Crippen LogP contribution in [-0.4, -0.2) is 5.71 Å². The third-order valence-corrected chi connectivity index (χ3v) is 15.2. The molecular formula is C65H49N. The Morgan fingerprint density at radius 1 is 0.424 bits per heavy atom.